The van der Waals surface area contributed by atoms with E-state index in [1.807, 2.05) is 0 Å². The second kappa shape index (κ2) is 10.8. The standard InChI is InChI=1S/C23H22F2N2O7/c1-13(19(28)26-17-6-3-4-7-18(17)34-23(24)25)33-22(31)14-8-9-15-16(12-14)21(30)27(20(15)29)10-5-11-32-2/h3-4,6-9,12-13,23H,5,10-11H2,1-2H3,(H,26,28). The van der Waals surface area contributed by atoms with Gasteiger partial charge in [0, 0.05) is 20.3 Å². The van der Waals surface area contributed by atoms with E-state index in [1.165, 1.54) is 56.5 Å². The molecule has 3 amide bonds. The quantitative estimate of drug-likeness (QED) is 0.319. The zero-order chi connectivity index (χ0) is 24.8. The summed E-state index contributed by atoms with van der Waals surface area (Å²) in [7, 11) is 1.51. The summed E-state index contributed by atoms with van der Waals surface area (Å²) in [5, 5.41) is 2.37. The van der Waals surface area contributed by atoms with Gasteiger partial charge in [-0.15, -0.1) is 0 Å². The van der Waals surface area contributed by atoms with Crippen molar-refractivity contribution in [3.05, 3.63) is 59.2 Å². The zero-order valence-electron chi connectivity index (χ0n) is 18.4. The molecule has 11 heteroatoms. The maximum Gasteiger partial charge on any atom is 0.387 e. The molecule has 2 aromatic carbocycles. The van der Waals surface area contributed by atoms with E-state index in [0.29, 0.717) is 13.0 Å². The Bertz CT molecular complexity index is 1110. The summed E-state index contributed by atoms with van der Waals surface area (Å²) >= 11 is 0. The molecule has 2 aromatic rings. The highest BCUT2D eigenvalue weighted by Crippen LogP contribution is 2.27. The van der Waals surface area contributed by atoms with Crippen molar-refractivity contribution < 1.29 is 42.2 Å². The van der Waals surface area contributed by atoms with Gasteiger partial charge in [-0.25, -0.2) is 4.79 Å². The number of nitrogens with one attached hydrogen (secondary N) is 1. The average molecular weight is 476 g/mol. The predicted octanol–water partition coefficient (Wildman–Crippen LogP) is 3.10. The number of para-hydroxylation sites is 2. The van der Waals surface area contributed by atoms with Gasteiger partial charge in [-0.2, -0.15) is 8.78 Å². The van der Waals surface area contributed by atoms with Crippen molar-refractivity contribution in [2.75, 3.05) is 25.6 Å². The molecule has 0 saturated carbocycles. The first-order valence-corrected chi connectivity index (χ1v) is 10.3. The monoisotopic (exact) mass is 476 g/mol. The van der Waals surface area contributed by atoms with Crippen molar-refractivity contribution in [1.82, 2.24) is 4.90 Å². The van der Waals surface area contributed by atoms with E-state index in [2.05, 4.69) is 10.1 Å². The molecular formula is C23H22F2N2O7. The first-order valence-electron chi connectivity index (χ1n) is 10.3. The van der Waals surface area contributed by atoms with E-state index in [-0.39, 0.29) is 34.7 Å². The topological polar surface area (TPSA) is 111 Å². The van der Waals surface area contributed by atoms with Crippen LogP contribution in [-0.4, -0.2) is 61.6 Å². The summed E-state index contributed by atoms with van der Waals surface area (Å²) in [6, 6.07) is 9.48. The third kappa shape index (κ3) is 5.54. The molecule has 1 unspecified atom stereocenters. The molecule has 1 N–H and O–H groups in total. The summed E-state index contributed by atoms with van der Waals surface area (Å²) in [6.07, 6.45) is -0.835. The molecule has 1 aliphatic heterocycles. The maximum absolute atomic E-state index is 12.6. The highest BCUT2D eigenvalue weighted by atomic mass is 19.3. The van der Waals surface area contributed by atoms with Crippen molar-refractivity contribution in [3.8, 4) is 5.75 Å². The van der Waals surface area contributed by atoms with Crippen LogP contribution in [0.1, 0.15) is 44.4 Å². The number of anilines is 1. The number of esters is 1. The summed E-state index contributed by atoms with van der Waals surface area (Å²) in [4.78, 5) is 51.1. The molecule has 3 rings (SSSR count). The molecule has 0 spiro atoms. The summed E-state index contributed by atoms with van der Waals surface area (Å²) in [6.45, 7) is -1.24. The summed E-state index contributed by atoms with van der Waals surface area (Å²) < 4.78 is 39.5. The van der Waals surface area contributed by atoms with Crippen LogP contribution in [0.3, 0.4) is 0 Å². The Morgan fingerprint density at radius 2 is 1.76 bits per heavy atom. The highest BCUT2D eigenvalue weighted by Gasteiger charge is 2.36. The number of halogens is 2. The van der Waals surface area contributed by atoms with Crippen molar-refractivity contribution in [3.63, 3.8) is 0 Å². The van der Waals surface area contributed by atoms with E-state index >= 15 is 0 Å². The van der Waals surface area contributed by atoms with E-state index in [0.717, 1.165) is 4.90 Å². The number of hydrogen-bond acceptors (Lipinski definition) is 7. The van der Waals surface area contributed by atoms with Gasteiger partial charge in [0.25, 0.3) is 17.7 Å². The minimum Gasteiger partial charge on any atom is -0.449 e. The number of alkyl halides is 2. The largest absolute Gasteiger partial charge is 0.449 e. The molecule has 0 aliphatic carbocycles. The lowest BCUT2D eigenvalue weighted by atomic mass is 10.1. The first-order chi connectivity index (χ1) is 16.2. The van der Waals surface area contributed by atoms with Crippen molar-refractivity contribution in [2.24, 2.45) is 0 Å². The number of methoxy groups -OCH3 is 1. The third-order valence-electron chi connectivity index (χ3n) is 4.95. The second-order valence-electron chi connectivity index (χ2n) is 7.28. The zero-order valence-corrected chi connectivity index (χ0v) is 18.4. The van der Waals surface area contributed by atoms with E-state index in [9.17, 15) is 28.0 Å². The fourth-order valence-electron chi connectivity index (χ4n) is 3.27. The summed E-state index contributed by atoms with van der Waals surface area (Å²) in [5.74, 6) is -2.93. The normalized spacial score (nSPS) is 13.6. The molecule has 0 radical (unpaired) electrons. The second-order valence-corrected chi connectivity index (χ2v) is 7.28. The average Bonchev–Trinajstić information content (AvgIpc) is 3.04. The van der Waals surface area contributed by atoms with Gasteiger partial charge in [0.05, 0.1) is 22.4 Å². The Balaban J connectivity index is 1.66. The van der Waals surface area contributed by atoms with Gasteiger partial charge in [-0.3, -0.25) is 19.3 Å². The highest BCUT2D eigenvalue weighted by molar-refractivity contribution is 6.22. The van der Waals surface area contributed by atoms with Crippen LogP contribution >= 0.6 is 0 Å². The lowest BCUT2D eigenvalue weighted by Gasteiger charge is -2.16. The third-order valence-corrected chi connectivity index (χ3v) is 4.95. The van der Waals surface area contributed by atoms with Crippen molar-refractivity contribution in [1.29, 1.82) is 0 Å². The number of amides is 3. The molecule has 0 bridgehead atoms. The number of hydrogen-bond donors (Lipinski definition) is 1. The Labute approximate surface area is 193 Å². The first kappa shape index (κ1) is 24.8. The van der Waals surface area contributed by atoms with Crippen LogP contribution in [0, 0.1) is 0 Å². The van der Waals surface area contributed by atoms with E-state index in [4.69, 9.17) is 9.47 Å². The van der Waals surface area contributed by atoms with Gasteiger partial charge >= 0.3 is 12.6 Å². The Morgan fingerprint density at radius 3 is 2.47 bits per heavy atom. The van der Waals surface area contributed by atoms with Crippen LogP contribution in [0.15, 0.2) is 42.5 Å². The smallest absolute Gasteiger partial charge is 0.387 e. The fourth-order valence-corrected chi connectivity index (χ4v) is 3.27. The molecule has 0 aromatic heterocycles. The molecule has 1 atom stereocenters. The van der Waals surface area contributed by atoms with Crippen LogP contribution in [0.5, 0.6) is 5.75 Å². The number of carbonyl (C=O) groups excluding carboxylic acids is 4. The number of fused-ring (bicyclic) bond motifs is 1. The summed E-state index contributed by atoms with van der Waals surface area (Å²) in [5.41, 5.74) is 0.179. The van der Waals surface area contributed by atoms with E-state index < -0.39 is 36.4 Å². The van der Waals surface area contributed by atoms with Crippen molar-refractivity contribution in [2.45, 2.75) is 26.1 Å². The fraction of sp³-hybridized carbons (Fsp3) is 0.304. The van der Waals surface area contributed by atoms with Crippen LogP contribution in [0.2, 0.25) is 0 Å². The number of rotatable bonds is 10. The Hall–Kier alpha value is -3.86. The van der Waals surface area contributed by atoms with Gasteiger partial charge in [0.2, 0.25) is 0 Å². The molecular weight excluding hydrogens is 454 g/mol. The van der Waals surface area contributed by atoms with Crippen LogP contribution < -0.4 is 10.1 Å². The van der Waals surface area contributed by atoms with Gasteiger partial charge in [0.1, 0.15) is 5.75 Å². The minimum atomic E-state index is -3.08. The molecule has 9 nitrogen and oxygen atoms in total. The Morgan fingerprint density at radius 1 is 1.06 bits per heavy atom. The number of imide groups is 1. The molecule has 180 valence electrons. The molecule has 34 heavy (non-hydrogen) atoms. The number of nitrogens with zero attached hydrogens (tertiary/aromatic N) is 1. The number of ether oxygens (including phenoxy) is 3. The molecule has 0 saturated heterocycles. The Kier molecular flexibility index (Phi) is 7.90. The van der Waals surface area contributed by atoms with Gasteiger partial charge in [-0.05, 0) is 43.7 Å². The number of carbonyl (C=O) groups is 4. The molecule has 1 heterocycles. The number of benzene rings is 2. The van der Waals surface area contributed by atoms with Crippen LogP contribution in [0.4, 0.5) is 14.5 Å². The van der Waals surface area contributed by atoms with Crippen molar-refractivity contribution >= 4 is 29.4 Å². The van der Waals surface area contributed by atoms with Gasteiger partial charge in [0.15, 0.2) is 6.10 Å². The lowest BCUT2D eigenvalue weighted by molar-refractivity contribution is -0.123. The van der Waals surface area contributed by atoms with Gasteiger partial charge in [-0.1, -0.05) is 12.1 Å². The van der Waals surface area contributed by atoms with E-state index in [1.54, 1.807) is 0 Å². The lowest BCUT2D eigenvalue weighted by Crippen LogP contribution is -2.31. The maximum atomic E-state index is 12.6. The van der Waals surface area contributed by atoms with Gasteiger partial charge < -0.3 is 19.5 Å². The predicted molar refractivity (Wildman–Crippen MR) is 115 cm³/mol. The van der Waals surface area contributed by atoms with Crippen LogP contribution in [-0.2, 0) is 14.3 Å². The van der Waals surface area contributed by atoms with Crippen LogP contribution in [0.25, 0.3) is 0 Å². The molecule has 0 fully saturated rings. The minimum absolute atomic E-state index is 0.0223. The molecule has 1 aliphatic rings. The SMILES string of the molecule is COCCCN1C(=O)c2ccc(C(=O)OC(C)C(=O)Nc3ccccc3OC(F)F)cc2C1=O.